The number of amides is 1. The molecule has 0 bridgehead atoms. The highest BCUT2D eigenvalue weighted by atomic mass is 35.5. The molecule has 0 spiro atoms. The van der Waals surface area contributed by atoms with Gasteiger partial charge in [-0.05, 0) is 35.9 Å². The van der Waals surface area contributed by atoms with E-state index >= 15 is 0 Å². The fourth-order valence-electron chi connectivity index (χ4n) is 2.41. The molecule has 33 heavy (non-hydrogen) atoms. The van der Waals surface area contributed by atoms with Crippen LogP contribution in [-0.2, 0) is 14.6 Å². The van der Waals surface area contributed by atoms with Crippen molar-refractivity contribution in [2.24, 2.45) is 0 Å². The lowest BCUT2D eigenvalue weighted by atomic mass is 10.1. The van der Waals surface area contributed by atoms with E-state index in [1.807, 2.05) is 0 Å². The van der Waals surface area contributed by atoms with Crippen LogP contribution in [0.2, 0.25) is 5.02 Å². The topological polar surface area (TPSA) is 139 Å². The fourth-order valence-corrected chi connectivity index (χ4v) is 4.61. The molecule has 1 amide bonds. The highest BCUT2D eigenvalue weighted by Gasteiger charge is 2.20. The van der Waals surface area contributed by atoms with Crippen LogP contribution in [-0.4, -0.2) is 36.2 Å². The summed E-state index contributed by atoms with van der Waals surface area (Å²) < 4.78 is 28.7. The van der Waals surface area contributed by atoms with E-state index in [1.54, 1.807) is 36.4 Å². The number of sulfone groups is 1. The van der Waals surface area contributed by atoms with E-state index in [1.165, 1.54) is 31.2 Å². The smallest absolute Gasteiger partial charge is 0.345 e. The number of carbonyl (C=O) groups is 2. The van der Waals surface area contributed by atoms with Gasteiger partial charge in [0, 0.05) is 0 Å². The van der Waals surface area contributed by atoms with Gasteiger partial charge in [0.15, 0.2) is 0 Å². The molecular weight excluding hydrogens is 488 g/mol. The summed E-state index contributed by atoms with van der Waals surface area (Å²) in [5, 5.41) is 19.1. The quantitative estimate of drug-likeness (QED) is 0.169. The zero-order valence-electron chi connectivity index (χ0n) is 17.0. The Morgan fingerprint density at radius 1 is 1.18 bits per heavy atom. The number of carbonyl (C=O) groups excluding carboxylic acids is 2. The lowest BCUT2D eigenvalue weighted by Crippen LogP contribution is -2.13. The van der Waals surface area contributed by atoms with Crippen molar-refractivity contribution in [1.82, 2.24) is 10.2 Å². The first kappa shape index (κ1) is 24.1. The second-order valence-electron chi connectivity index (χ2n) is 6.34. The van der Waals surface area contributed by atoms with Crippen LogP contribution in [0.3, 0.4) is 0 Å². The molecule has 1 N–H and O–H groups in total. The summed E-state index contributed by atoms with van der Waals surface area (Å²) in [4.78, 5) is 24.6. The van der Waals surface area contributed by atoms with E-state index in [0.29, 0.717) is 16.9 Å². The van der Waals surface area contributed by atoms with Crippen LogP contribution in [0.1, 0.15) is 22.8 Å². The Morgan fingerprint density at radius 3 is 2.52 bits per heavy atom. The number of nitriles is 1. The minimum absolute atomic E-state index is 0.0463. The number of aromatic nitrogens is 2. The molecule has 0 unspecified atom stereocenters. The second-order valence-corrected chi connectivity index (χ2v) is 10.2. The zero-order valence-corrected chi connectivity index (χ0v) is 19.4. The summed E-state index contributed by atoms with van der Waals surface area (Å²) in [5.74, 6) is -1.30. The van der Waals surface area contributed by atoms with Gasteiger partial charge in [0.1, 0.15) is 17.4 Å². The number of ether oxygens (including phenoxy) is 1. The average molecular weight is 503 g/mol. The molecule has 2 aromatic carbocycles. The lowest BCUT2D eigenvalue weighted by molar-refractivity contribution is -0.112. The molecular formula is C21H15ClN4O5S2. The molecule has 0 aliphatic heterocycles. The third kappa shape index (κ3) is 6.01. The molecule has 0 saturated carbocycles. The Balaban J connectivity index is 1.70. The van der Waals surface area contributed by atoms with Crippen LogP contribution in [0.25, 0.3) is 6.08 Å². The Labute approximate surface area is 198 Å². The summed E-state index contributed by atoms with van der Waals surface area (Å²) >= 11 is 6.68. The maximum atomic E-state index is 12.4. The molecule has 0 fully saturated rings. The predicted molar refractivity (Wildman–Crippen MR) is 123 cm³/mol. The van der Waals surface area contributed by atoms with Gasteiger partial charge in [-0.2, -0.15) is 5.26 Å². The molecule has 3 aromatic rings. The Kier molecular flexibility index (Phi) is 7.55. The molecule has 168 valence electrons. The van der Waals surface area contributed by atoms with Gasteiger partial charge in [0.25, 0.3) is 5.91 Å². The van der Waals surface area contributed by atoms with Gasteiger partial charge in [-0.3, -0.25) is 10.1 Å². The lowest BCUT2D eigenvalue weighted by Gasteiger charge is -2.06. The summed E-state index contributed by atoms with van der Waals surface area (Å²) in [6.45, 7) is 1.47. The molecule has 1 heterocycles. The van der Waals surface area contributed by atoms with Crippen LogP contribution in [0, 0.1) is 11.3 Å². The maximum absolute atomic E-state index is 12.4. The summed E-state index contributed by atoms with van der Waals surface area (Å²) in [5.41, 5.74) is 0.467. The Hall–Kier alpha value is -3.59. The van der Waals surface area contributed by atoms with Gasteiger partial charge in [0.05, 0.1) is 16.3 Å². The molecule has 0 saturated heterocycles. The van der Waals surface area contributed by atoms with Gasteiger partial charge in [0.2, 0.25) is 19.3 Å². The van der Waals surface area contributed by atoms with Crippen LogP contribution in [0.15, 0.2) is 58.4 Å². The first-order valence-corrected chi connectivity index (χ1v) is 12.1. The van der Waals surface area contributed by atoms with Crippen molar-refractivity contribution in [2.75, 3.05) is 11.1 Å². The maximum Gasteiger partial charge on any atom is 0.345 e. The molecule has 0 atom stereocenters. The normalized spacial score (nSPS) is 11.5. The molecule has 3 rings (SSSR count). The van der Waals surface area contributed by atoms with Crippen molar-refractivity contribution < 1.29 is 22.7 Å². The highest BCUT2D eigenvalue weighted by molar-refractivity contribution is 7.93. The van der Waals surface area contributed by atoms with Crippen molar-refractivity contribution in [3.05, 3.63) is 70.3 Å². The number of benzene rings is 2. The van der Waals surface area contributed by atoms with E-state index in [-0.39, 0.29) is 37.1 Å². The number of nitrogens with one attached hydrogen (secondary N) is 1. The van der Waals surface area contributed by atoms with Crippen molar-refractivity contribution in [2.45, 2.75) is 11.3 Å². The largest absolute Gasteiger partial charge is 0.423 e. The van der Waals surface area contributed by atoms with Crippen LogP contribution < -0.4 is 10.1 Å². The standard InChI is InChI=1S/C21H15ClN4O5S2/c1-2-33(29,30)21-26-25-20(32-21)24-18(27)14(12-23)11-13-7-9-15(10-8-13)31-19(28)16-5-3-4-6-17(16)22/h3-11H,2H2,1H3,(H,24,25,27). The van der Waals surface area contributed by atoms with Gasteiger partial charge >= 0.3 is 5.97 Å². The Bertz CT molecular complexity index is 1380. The van der Waals surface area contributed by atoms with Gasteiger partial charge < -0.3 is 4.74 Å². The first-order valence-electron chi connectivity index (χ1n) is 9.29. The predicted octanol–water partition coefficient (Wildman–Crippen LogP) is 3.75. The molecule has 0 aliphatic rings. The van der Waals surface area contributed by atoms with E-state index in [9.17, 15) is 23.3 Å². The molecule has 0 radical (unpaired) electrons. The number of hydrogen-bond acceptors (Lipinski definition) is 9. The number of esters is 1. The molecule has 9 nitrogen and oxygen atoms in total. The fraction of sp³-hybridized carbons (Fsp3) is 0.0952. The number of halogens is 1. The van der Waals surface area contributed by atoms with Crippen LogP contribution in [0.4, 0.5) is 5.13 Å². The van der Waals surface area contributed by atoms with Crippen LogP contribution in [0.5, 0.6) is 5.75 Å². The second kappa shape index (κ2) is 10.4. The molecule has 1 aromatic heterocycles. The SMILES string of the molecule is CCS(=O)(=O)c1nnc(NC(=O)C(C#N)=Cc2ccc(OC(=O)c3ccccc3Cl)cc2)s1. The van der Waals surface area contributed by atoms with E-state index < -0.39 is 21.7 Å². The monoisotopic (exact) mass is 502 g/mol. The van der Waals surface area contributed by atoms with Crippen LogP contribution >= 0.6 is 22.9 Å². The van der Waals surface area contributed by atoms with Gasteiger partial charge in [-0.15, -0.1) is 10.2 Å². The van der Waals surface area contributed by atoms with Gasteiger partial charge in [-0.1, -0.05) is 54.1 Å². The number of nitrogens with zero attached hydrogens (tertiary/aromatic N) is 3. The highest BCUT2D eigenvalue weighted by Crippen LogP contribution is 2.22. The van der Waals surface area contributed by atoms with E-state index in [2.05, 4.69) is 15.5 Å². The van der Waals surface area contributed by atoms with Crippen molar-refractivity contribution >= 4 is 55.9 Å². The third-order valence-corrected chi connectivity index (χ3v) is 7.48. The van der Waals surface area contributed by atoms with Crippen molar-refractivity contribution in [3.63, 3.8) is 0 Å². The number of rotatable bonds is 7. The van der Waals surface area contributed by atoms with Crippen molar-refractivity contribution in [1.29, 1.82) is 5.26 Å². The first-order chi connectivity index (χ1) is 15.7. The minimum Gasteiger partial charge on any atom is -0.423 e. The summed E-state index contributed by atoms with van der Waals surface area (Å²) in [6.07, 6.45) is 1.32. The third-order valence-electron chi connectivity index (χ3n) is 4.13. The molecule has 0 aliphatic carbocycles. The van der Waals surface area contributed by atoms with Gasteiger partial charge in [-0.25, -0.2) is 13.2 Å². The minimum atomic E-state index is -3.55. The van der Waals surface area contributed by atoms with E-state index in [0.717, 1.165) is 0 Å². The van der Waals surface area contributed by atoms with Crippen molar-refractivity contribution in [3.8, 4) is 11.8 Å². The summed E-state index contributed by atoms with van der Waals surface area (Å²) in [7, 11) is -3.55. The summed E-state index contributed by atoms with van der Waals surface area (Å²) in [6, 6.07) is 14.4. The number of anilines is 1. The van der Waals surface area contributed by atoms with E-state index in [4.69, 9.17) is 16.3 Å². The zero-order chi connectivity index (χ0) is 24.0. The number of hydrogen-bond donors (Lipinski definition) is 1. The Morgan fingerprint density at radius 2 is 1.88 bits per heavy atom. The average Bonchev–Trinajstić information content (AvgIpc) is 3.28. The molecule has 12 heteroatoms.